The summed E-state index contributed by atoms with van der Waals surface area (Å²) >= 11 is 0. The molecule has 4 nitrogen and oxygen atoms in total. The summed E-state index contributed by atoms with van der Waals surface area (Å²) in [6.45, 7) is 2.89. The minimum atomic E-state index is -4.83. The summed E-state index contributed by atoms with van der Waals surface area (Å²) in [5, 5.41) is 7.16. The van der Waals surface area contributed by atoms with Crippen LogP contribution in [0.15, 0.2) is 12.1 Å². The molecular formula is C13H15F4N3O. The fourth-order valence-corrected chi connectivity index (χ4v) is 1.82. The average Bonchev–Trinajstić information content (AvgIpc) is 2.29. The van der Waals surface area contributed by atoms with E-state index >= 15 is 0 Å². The number of alkyl halides is 3. The van der Waals surface area contributed by atoms with E-state index in [0.29, 0.717) is 6.07 Å². The molecule has 0 aliphatic heterocycles. The van der Waals surface area contributed by atoms with Crippen LogP contribution in [0.5, 0.6) is 0 Å². The molecule has 0 aromatic heterocycles. The Labute approximate surface area is 118 Å². The number of nitrogens with one attached hydrogen (secondary N) is 1. The maximum Gasteiger partial charge on any atom is 0.417 e. The number of amides is 1. The van der Waals surface area contributed by atoms with E-state index < -0.39 is 40.3 Å². The summed E-state index contributed by atoms with van der Waals surface area (Å²) < 4.78 is 52.6. The third kappa shape index (κ3) is 3.50. The maximum absolute atomic E-state index is 14.2. The normalized spacial score (nSPS) is 12.3. The summed E-state index contributed by atoms with van der Waals surface area (Å²) in [5.41, 5.74) is 6.57. The van der Waals surface area contributed by atoms with Crippen molar-refractivity contribution < 1.29 is 22.4 Å². The van der Waals surface area contributed by atoms with Gasteiger partial charge in [0.2, 0.25) is 5.91 Å². The summed E-state index contributed by atoms with van der Waals surface area (Å²) in [6, 6.07) is 1.57. The van der Waals surface area contributed by atoms with E-state index in [4.69, 9.17) is 16.9 Å². The van der Waals surface area contributed by atoms with Gasteiger partial charge in [-0.2, -0.15) is 13.2 Å². The zero-order chi connectivity index (χ0) is 16.6. The van der Waals surface area contributed by atoms with Crippen molar-refractivity contribution in [3.8, 4) is 0 Å². The van der Waals surface area contributed by atoms with E-state index in [1.807, 2.05) is 0 Å². The minimum Gasteiger partial charge on any atom is -0.384 e. The van der Waals surface area contributed by atoms with Crippen LogP contribution in [-0.4, -0.2) is 11.7 Å². The lowest BCUT2D eigenvalue weighted by atomic mass is 9.84. The number of hydrogen-bond donors (Lipinski definition) is 3. The standard InChI is InChI=1S/C13H15F4N3O/c1-12(2,11(20)21)5-6-3-4-7(13(15,16)17)8(9(6)14)10(18)19/h3-4H,5H2,1-2H3,(H3,18,19)(H2,20,21). The first-order valence-electron chi connectivity index (χ1n) is 5.91. The lowest BCUT2D eigenvalue weighted by Crippen LogP contribution is -2.34. The predicted octanol–water partition coefficient (Wildman–Crippen LogP) is 2.18. The Bertz CT molecular complexity index is 594. The smallest absolute Gasteiger partial charge is 0.384 e. The molecule has 1 aromatic rings. The number of nitrogen functional groups attached to an aromatic ring is 1. The number of carbonyl (C=O) groups excluding carboxylic acids is 1. The average molecular weight is 305 g/mol. The van der Waals surface area contributed by atoms with Crippen LogP contribution in [0.3, 0.4) is 0 Å². The second-order valence-corrected chi connectivity index (χ2v) is 5.30. The van der Waals surface area contributed by atoms with Crippen LogP contribution in [0.4, 0.5) is 17.6 Å². The number of hydrogen-bond acceptors (Lipinski definition) is 2. The highest BCUT2D eigenvalue weighted by Crippen LogP contribution is 2.35. The fourth-order valence-electron chi connectivity index (χ4n) is 1.82. The summed E-state index contributed by atoms with van der Waals surface area (Å²) in [6.07, 6.45) is -5.04. The molecule has 0 spiro atoms. The summed E-state index contributed by atoms with van der Waals surface area (Å²) in [5.74, 6) is -3.00. The Morgan fingerprint density at radius 3 is 2.14 bits per heavy atom. The van der Waals surface area contributed by atoms with Gasteiger partial charge >= 0.3 is 6.18 Å². The quantitative estimate of drug-likeness (QED) is 0.452. The molecule has 0 bridgehead atoms. The Balaban J connectivity index is 3.44. The largest absolute Gasteiger partial charge is 0.417 e. The Morgan fingerprint density at radius 1 is 1.24 bits per heavy atom. The molecule has 1 rings (SSSR count). The highest BCUT2D eigenvalue weighted by molar-refractivity contribution is 5.97. The van der Waals surface area contributed by atoms with Gasteiger partial charge in [-0.1, -0.05) is 19.9 Å². The van der Waals surface area contributed by atoms with Crippen molar-refractivity contribution in [2.45, 2.75) is 26.4 Å². The van der Waals surface area contributed by atoms with Crippen LogP contribution in [0.1, 0.15) is 30.5 Å². The highest BCUT2D eigenvalue weighted by Gasteiger charge is 2.37. The van der Waals surface area contributed by atoms with Crippen molar-refractivity contribution in [2.24, 2.45) is 16.9 Å². The van der Waals surface area contributed by atoms with Crippen molar-refractivity contribution in [1.82, 2.24) is 0 Å². The van der Waals surface area contributed by atoms with E-state index in [0.717, 1.165) is 6.07 Å². The number of nitrogens with two attached hydrogens (primary N) is 2. The minimum absolute atomic E-state index is 0.156. The van der Waals surface area contributed by atoms with E-state index in [2.05, 4.69) is 0 Å². The van der Waals surface area contributed by atoms with Crippen molar-refractivity contribution in [2.75, 3.05) is 0 Å². The molecule has 0 saturated heterocycles. The van der Waals surface area contributed by atoms with Crippen molar-refractivity contribution in [1.29, 1.82) is 5.41 Å². The van der Waals surface area contributed by atoms with E-state index in [-0.39, 0.29) is 12.0 Å². The number of rotatable bonds is 4. The first-order valence-corrected chi connectivity index (χ1v) is 5.91. The van der Waals surface area contributed by atoms with Gasteiger partial charge in [-0.3, -0.25) is 10.2 Å². The van der Waals surface area contributed by atoms with Gasteiger partial charge < -0.3 is 11.5 Å². The van der Waals surface area contributed by atoms with Crippen LogP contribution in [0.25, 0.3) is 0 Å². The SMILES string of the molecule is CC(C)(Cc1ccc(C(F)(F)F)c(C(=N)N)c1F)C(N)=O. The Hall–Kier alpha value is -2.12. The van der Waals surface area contributed by atoms with Crippen LogP contribution in [0, 0.1) is 16.6 Å². The molecule has 0 aliphatic carbocycles. The third-order valence-electron chi connectivity index (χ3n) is 3.10. The number of halogens is 4. The van der Waals surface area contributed by atoms with Gasteiger partial charge in [-0.05, 0) is 18.1 Å². The highest BCUT2D eigenvalue weighted by atomic mass is 19.4. The van der Waals surface area contributed by atoms with Crippen LogP contribution in [0.2, 0.25) is 0 Å². The van der Waals surface area contributed by atoms with Gasteiger partial charge in [0, 0.05) is 5.41 Å². The Kier molecular flexibility index (Phi) is 4.31. The lowest BCUT2D eigenvalue weighted by Gasteiger charge is -2.22. The molecule has 0 saturated carbocycles. The summed E-state index contributed by atoms with van der Waals surface area (Å²) in [4.78, 5) is 11.2. The van der Waals surface area contributed by atoms with Gasteiger partial charge in [-0.25, -0.2) is 4.39 Å². The Morgan fingerprint density at radius 2 is 1.76 bits per heavy atom. The number of primary amides is 1. The molecule has 8 heteroatoms. The van der Waals surface area contributed by atoms with E-state index in [9.17, 15) is 22.4 Å². The third-order valence-corrected chi connectivity index (χ3v) is 3.10. The molecule has 5 N–H and O–H groups in total. The molecule has 0 atom stereocenters. The van der Waals surface area contributed by atoms with Gasteiger partial charge in [-0.15, -0.1) is 0 Å². The second kappa shape index (κ2) is 5.34. The second-order valence-electron chi connectivity index (χ2n) is 5.30. The molecule has 1 aromatic carbocycles. The molecule has 0 unspecified atom stereocenters. The van der Waals surface area contributed by atoms with Gasteiger partial charge in [0.25, 0.3) is 0 Å². The molecule has 0 heterocycles. The van der Waals surface area contributed by atoms with Crippen molar-refractivity contribution in [3.63, 3.8) is 0 Å². The number of benzene rings is 1. The van der Waals surface area contributed by atoms with Gasteiger partial charge in [0.05, 0.1) is 11.1 Å². The van der Waals surface area contributed by atoms with Crippen molar-refractivity contribution in [3.05, 3.63) is 34.6 Å². The van der Waals surface area contributed by atoms with Crippen LogP contribution < -0.4 is 11.5 Å². The van der Waals surface area contributed by atoms with E-state index in [1.54, 1.807) is 0 Å². The van der Waals surface area contributed by atoms with Crippen LogP contribution in [-0.2, 0) is 17.4 Å². The predicted molar refractivity (Wildman–Crippen MR) is 69.1 cm³/mol. The molecule has 116 valence electrons. The molecular weight excluding hydrogens is 290 g/mol. The zero-order valence-corrected chi connectivity index (χ0v) is 11.4. The monoisotopic (exact) mass is 305 g/mol. The molecule has 1 amide bonds. The first-order chi connectivity index (χ1) is 9.38. The van der Waals surface area contributed by atoms with Crippen molar-refractivity contribution >= 4 is 11.7 Å². The lowest BCUT2D eigenvalue weighted by molar-refractivity contribution is -0.138. The molecule has 0 aliphatic rings. The van der Waals surface area contributed by atoms with Crippen LogP contribution >= 0.6 is 0 Å². The molecule has 21 heavy (non-hydrogen) atoms. The van der Waals surface area contributed by atoms with Gasteiger partial charge in [0.1, 0.15) is 11.7 Å². The molecule has 0 radical (unpaired) electrons. The zero-order valence-electron chi connectivity index (χ0n) is 11.4. The molecule has 0 fully saturated rings. The topological polar surface area (TPSA) is 93.0 Å². The first kappa shape index (κ1) is 16.9. The number of amidine groups is 1. The van der Waals surface area contributed by atoms with Gasteiger partial charge in [0.15, 0.2) is 0 Å². The number of carbonyl (C=O) groups is 1. The summed E-state index contributed by atoms with van der Waals surface area (Å²) in [7, 11) is 0. The van der Waals surface area contributed by atoms with E-state index in [1.165, 1.54) is 13.8 Å². The fraction of sp³-hybridized carbons (Fsp3) is 0.385. The maximum atomic E-state index is 14.2.